The maximum absolute atomic E-state index is 12.7. The number of hydrogen-bond donors (Lipinski definition) is 1. The van der Waals surface area contributed by atoms with Crippen molar-refractivity contribution >= 4 is 5.91 Å². The Hall–Kier alpha value is -0.910. The molecule has 5 nitrogen and oxygen atoms in total. The minimum atomic E-state index is -0.291. The number of aliphatic hydroxyl groups is 1. The molecule has 0 saturated carbocycles. The van der Waals surface area contributed by atoms with Gasteiger partial charge in [-0.2, -0.15) is 0 Å². The van der Waals surface area contributed by atoms with Crippen LogP contribution in [0.3, 0.4) is 0 Å². The van der Waals surface area contributed by atoms with Crippen LogP contribution in [0, 0.1) is 5.92 Å². The summed E-state index contributed by atoms with van der Waals surface area (Å²) in [5, 5.41) is 9.99. The Morgan fingerprint density at radius 3 is 2.48 bits per heavy atom. The zero-order chi connectivity index (χ0) is 16.8. The van der Waals surface area contributed by atoms with Crippen LogP contribution in [0.2, 0.25) is 0 Å². The van der Waals surface area contributed by atoms with E-state index in [0.29, 0.717) is 25.5 Å². The zero-order valence-electron chi connectivity index (χ0n) is 14.6. The molecule has 0 aromatic heterocycles. The lowest BCUT2D eigenvalue weighted by Gasteiger charge is -2.39. The lowest BCUT2D eigenvalue weighted by Crippen LogP contribution is -2.51. The normalized spacial score (nSPS) is 28.6. The Bertz CT molecular complexity index is 384. The minimum Gasteiger partial charge on any atom is -0.392 e. The molecule has 23 heavy (non-hydrogen) atoms. The number of carbonyl (C=O) groups excluding carboxylic acids is 1. The van der Waals surface area contributed by atoms with Gasteiger partial charge in [0.25, 0.3) is 0 Å². The Kier molecular flexibility index (Phi) is 7.06. The van der Waals surface area contributed by atoms with Gasteiger partial charge in [0.15, 0.2) is 0 Å². The van der Waals surface area contributed by atoms with Crippen LogP contribution in [0.5, 0.6) is 0 Å². The molecule has 2 saturated heterocycles. The lowest BCUT2D eigenvalue weighted by molar-refractivity contribution is -0.149. The summed E-state index contributed by atoms with van der Waals surface area (Å²) in [5.41, 5.74) is 0. The van der Waals surface area contributed by atoms with Gasteiger partial charge in [0, 0.05) is 25.6 Å². The summed E-state index contributed by atoms with van der Waals surface area (Å²) in [7, 11) is 0. The number of aliphatic hydroxyl groups excluding tert-OH is 1. The molecule has 0 bridgehead atoms. The van der Waals surface area contributed by atoms with Gasteiger partial charge in [-0.05, 0) is 52.6 Å². The van der Waals surface area contributed by atoms with Gasteiger partial charge in [-0.1, -0.05) is 6.08 Å². The highest BCUT2D eigenvalue weighted by atomic mass is 16.5. The molecule has 1 N–H and O–H groups in total. The number of piperidine rings is 1. The summed E-state index contributed by atoms with van der Waals surface area (Å²) in [6.07, 6.45) is 5.22. The summed E-state index contributed by atoms with van der Waals surface area (Å²) in [5.74, 6) is 0.424. The molecule has 2 aliphatic rings. The largest absolute Gasteiger partial charge is 0.392 e. The van der Waals surface area contributed by atoms with Gasteiger partial charge in [-0.3, -0.25) is 4.79 Å². The van der Waals surface area contributed by atoms with Crippen LogP contribution >= 0.6 is 0 Å². The average Bonchev–Trinajstić information content (AvgIpc) is 2.52. The van der Waals surface area contributed by atoms with Gasteiger partial charge in [-0.15, -0.1) is 6.58 Å². The highest BCUT2D eigenvalue weighted by molar-refractivity contribution is 5.79. The van der Waals surface area contributed by atoms with Crippen LogP contribution in [0.25, 0.3) is 0 Å². The number of amides is 1. The van der Waals surface area contributed by atoms with Gasteiger partial charge in [0.05, 0.1) is 18.3 Å². The molecule has 0 radical (unpaired) electrons. The van der Waals surface area contributed by atoms with Crippen LogP contribution in [-0.4, -0.2) is 71.8 Å². The number of carbonyl (C=O) groups is 1. The molecule has 0 aliphatic carbocycles. The predicted octanol–water partition coefficient (Wildman–Crippen LogP) is 1.66. The van der Waals surface area contributed by atoms with E-state index in [9.17, 15) is 9.90 Å². The van der Waals surface area contributed by atoms with Crippen molar-refractivity contribution in [2.24, 2.45) is 5.92 Å². The molecule has 2 heterocycles. The standard InChI is InChI=1S/C18H32N2O3/c1-4-5-6-17(21)13-19-9-7-16(8-10-19)18(22)20-11-14(2)23-15(3)12-20/h4,14-17,21H,1,5-13H2,2-3H3. The Morgan fingerprint density at radius 2 is 1.91 bits per heavy atom. The van der Waals surface area contributed by atoms with Crippen LogP contribution in [0.15, 0.2) is 12.7 Å². The predicted molar refractivity (Wildman–Crippen MR) is 91.2 cm³/mol. The Morgan fingerprint density at radius 1 is 1.30 bits per heavy atom. The highest BCUT2D eigenvalue weighted by Gasteiger charge is 2.32. The molecule has 0 aromatic carbocycles. The minimum absolute atomic E-state index is 0.128. The topological polar surface area (TPSA) is 53.0 Å². The lowest BCUT2D eigenvalue weighted by atomic mass is 9.94. The first-order valence-electron chi connectivity index (χ1n) is 8.95. The average molecular weight is 324 g/mol. The second-order valence-electron chi connectivity index (χ2n) is 7.10. The van der Waals surface area contributed by atoms with E-state index in [1.807, 2.05) is 24.8 Å². The van der Waals surface area contributed by atoms with Crippen molar-refractivity contribution in [2.75, 3.05) is 32.7 Å². The highest BCUT2D eigenvalue weighted by Crippen LogP contribution is 2.22. The van der Waals surface area contributed by atoms with E-state index >= 15 is 0 Å². The fraction of sp³-hybridized carbons (Fsp3) is 0.833. The second-order valence-corrected chi connectivity index (χ2v) is 7.10. The first-order chi connectivity index (χ1) is 11.0. The molecule has 0 spiro atoms. The van der Waals surface area contributed by atoms with E-state index < -0.39 is 0 Å². The summed E-state index contributed by atoms with van der Waals surface area (Å²) in [6, 6.07) is 0. The summed E-state index contributed by atoms with van der Waals surface area (Å²) < 4.78 is 5.71. The van der Waals surface area contributed by atoms with E-state index in [4.69, 9.17) is 4.74 Å². The number of rotatable bonds is 6. The van der Waals surface area contributed by atoms with Crippen molar-refractivity contribution in [2.45, 2.75) is 57.8 Å². The molecule has 132 valence electrons. The third kappa shape index (κ3) is 5.59. The van der Waals surface area contributed by atoms with E-state index in [1.54, 1.807) is 0 Å². The quantitative estimate of drug-likeness (QED) is 0.755. The van der Waals surface area contributed by atoms with Crippen LogP contribution in [-0.2, 0) is 9.53 Å². The van der Waals surface area contributed by atoms with Gasteiger partial charge in [-0.25, -0.2) is 0 Å². The molecule has 1 amide bonds. The smallest absolute Gasteiger partial charge is 0.225 e. The van der Waals surface area contributed by atoms with Gasteiger partial charge >= 0.3 is 0 Å². The SMILES string of the molecule is C=CCCC(O)CN1CCC(C(=O)N2CC(C)OC(C)C2)CC1. The van der Waals surface area contributed by atoms with E-state index in [-0.39, 0.29) is 24.2 Å². The van der Waals surface area contributed by atoms with Crippen molar-refractivity contribution in [1.29, 1.82) is 0 Å². The molecule has 2 fully saturated rings. The molecule has 0 aromatic rings. The van der Waals surface area contributed by atoms with E-state index in [1.165, 1.54) is 0 Å². The third-order valence-corrected chi connectivity index (χ3v) is 4.84. The van der Waals surface area contributed by atoms with Crippen LogP contribution < -0.4 is 0 Å². The maximum atomic E-state index is 12.7. The molecule has 3 unspecified atom stereocenters. The Balaban J connectivity index is 1.75. The zero-order valence-corrected chi connectivity index (χ0v) is 14.6. The van der Waals surface area contributed by atoms with Crippen molar-refractivity contribution in [3.8, 4) is 0 Å². The molecular weight excluding hydrogens is 292 g/mol. The van der Waals surface area contributed by atoms with Gasteiger partial charge in [0.2, 0.25) is 5.91 Å². The van der Waals surface area contributed by atoms with Crippen molar-refractivity contribution in [3.05, 3.63) is 12.7 Å². The first-order valence-corrected chi connectivity index (χ1v) is 8.95. The van der Waals surface area contributed by atoms with Gasteiger partial charge < -0.3 is 19.6 Å². The molecule has 3 atom stereocenters. The van der Waals surface area contributed by atoms with Crippen molar-refractivity contribution in [3.63, 3.8) is 0 Å². The van der Waals surface area contributed by atoms with E-state index in [2.05, 4.69) is 11.5 Å². The Labute approximate surface area is 140 Å². The number of nitrogens with zero attached hydrogens (tertiary/aromatic N) is 2. The number of allylic oxidation sites excluding steroid dienone is 1. The molecule has 2 aliphatic heterocycles. The summed E-state index contributed by atoms with van der Waals surface area (Å²) in [4.78, 5) is 17.0. The van der Waals surface area contributed by atoms with Crippen LogP contribution in [0.4, 0.5) is 0 Å². The fourth-order valence-corrected chi connectivity index (χ4v) is 3.68. The van der Waals surface area contributed by atoms with Crippen molar-refractivity contribution < 1.29 is 14.6 Å². The number of likely N-dealkylation sites (tertiary alicyclic amines) is 1. The van der Waals surface area contributed by atoms with E-state index in [0.717, 1.165) is 38.8 Å². The second kappa shape index (κ2) is 8.81. The third-order valence-electron chi connectivity index (χ3n) is 4.84. The summed E-state index contributed by atoms with van der Waals surface area (Å²) >= 11 is 0. The fourth-order valence-electron chi connectivity index (χ4n) is 3.68. The monoisotopic (exact) mass is 324 g/mol. The molecule has 2 rings (SSSR count). The van der Waals surface area contributed by atoms with Crippen LogP contribution in [0.1, 0.15) is 39.5 Å². The first kappa shape index (κ1) is 18.4. The van der Waals surface area contributed by atoms with Crippen molar-refractivity contribution in [1.82, 2.24) is 9.80 Å². The number of hydrogen-bond acceptors (Lipinski definition) is 4. The number of β-amino-alcohol motifs (C(OH)–C–C–N with tert-alkyl or cyclic N) is 1. The molecule has 5 heteroatoms. The number of ether oxygens (including phenoxy) is 1. The van der Waals surface area contributed by atoms with Gasteiger partial charge in [0.1, 0.15) is 0 Å². The summed E-state index contributed by atoms with van der Waals surface area (Å²) in [6.45, 7) is 11.7. The maximum Gasteiger partial charge on any atom is 0.225 e. The molecular formula is C18H32N2O3. The number of morpholine rings is 1.